The lowest BCUT2D eigenvalue weighted by Crippen LogP contribution is -2.55. The Morgan fingerprint density at radius 1 is 1.53 bits per heavy atom. The minimum Gasteiger partial charge on any atom is -0.389 e. The van der Waals surface area contributed by atoms with Crippen LogP contribution in [0.15, 0.2) is 0 Å². The molecule has 0 aromatic heterocycles. The third-order valence-electron chi connectivity index (χ3n) is 3.55. The molecule has 0 aromatic carbocycles. The summed E-state index contributed by atoms with van der Waals surface area (Å²) in [4.78, 5) is 0. The van der Waals surface area contributed by atoms with E-state index >= 15 is 0 Å². The van der Waals surface area contributed by atoms with Gasteiger partial charge in [0.15, 0.2) is 0 Å². The van der Waals surface area contributed by atoms with Gasteiger partial charge in [-0.25, -0.2) is 0 Å². The van der Waals surface area contributed by atoms with Gasteiger partial charge in [0.25, 0.3) is 0 Å². The molecule has 3 heteroatoms. The van der Waals surface area contributed by atoms with Crippen molar-refractivity contribution >= 4 is 0 Å². The Balaban J connectivity index is 2.41. The summed E-state index contributed by atoms with van der Waals surface area (Å²) in [6, 6.07) is 0. The molecule has 90 valence electrons. The maximum absolute atomic E-state index is 10.1. The monoisotopic (exact) mass is 215 g/mol. The fourth-order valence-corrected chi connectivity index (χ4v) is 1.67. The largest absolute Gasteiger partial charge is 0.389 e. The minimum atomic E-state index is -0.638. The van der Waals surface area contributed by atoms with Crippen LogP contribution in [0.5, 0.6) is 0 Å². The van der Waals surface area contributed by atoms with E-state index in [2.05, 4.69) is 12.2 Å². The number of β-amino-alcohol motifs (C(OH)–C–C–N with tert-alkyl or cyclic N) is 1. The molecule has 0 spiro atoms. The Labute approximate surface area is 93.2 Å². The van der Waals surface area contributed by atoms with Crippen molar-refractivity contribution in [3.8, 4) is 0 Å². The van der Waals surface area contributed by atoms with Gasteiger partial charge in [-0.3, -0.25) is 0 Å². The average Bonchev–Trinajstić information content (AvgIpc) is 2.16. The van der Waals surface area contributed by atoms with Gasteiger partial charge in [-0.2, -0.15) is 0 Å². The topological polar surface area (TPSA) is 41.5 Å². The highest BCUT2D eigenvalue weighted by Gasteiger charge is 2.31. The SMILES string of the molecule is CC(C)C(C)(O)CNC1(C)CCCOC1. The summed E-state index contributed by atoms with van der Waals surface area (Å²) in [5.74, 6) is 0.262. The fourth-order valence-electron chi connectivity index (χ4n) is 1.67. The van der Waals surface area contributed by atoms with Gasteiger partial charge in [-0.15, -0.1) is 0 Å². The van der Waals surface area contributed by atoms with Crippen LogP contribution in [0.4, 0.5) is 0 Å². The first-order valence-corrected chi connectivity index (χ1v) is 5.91. The zero-order valence-corrected chi connectivity index (χ0v) is 10.5. The molecule has 2 N–H and O–H groups in total. The molecule has 1 saturated heterocycles. The first kappa shape index (κ1) is 12.9. The van der Waals surface area contributed by atoms with Crippen LogP contribution in [0.25, 0.3) is 0 Å². The van der Waals surface area contributed by atoms with Crippen LogP contribution < -0.4 is 5.32 Å². The first-order chi connectivity index (χ1) is 6.86. The van der Waals surface area contributed by atoms with E-state index in [0.717, 1.165) is 26.1 Å². The summed E-state index contributed by atoms with van der Waals surface area (Å²) in [5.41, 5.74) is -0.600. The molecule has 2 unspecified atom stereocenters. The summed E-state index contributed by atoms with van der Waals surface area (Å²) in [7, 11) is 0. The molecule has 0 aromatic rings. The molecule has 0 bridgehead atoms. The van der Waals surface area contributed by atoms with Crippen LogP contribution in [-0.4, -0.2) is 36.0 Å². The fraction of sp³-hybridized carbons (Fsp3) is 1.00. The Bertz CT molecular complexity index is 196. The van der Waals surface area contributed by atoms with E-state index in [4.69, 9.17) is 4.74 Å². The van der Waals surface area contributed by atoms with Crippen molar-refractivity contribution in [1.82, 2.24) is 5.32 Å². The summed E-state index contributed by atoms with van der Waals surface area (Å²) in [6.45, 7) is 10.4. The highest BCUT2D eigenvalue weighted by atomic mass is 16.5. The Morgan fingerprint density at radius 2 is 2.20 bits per heavy atom. The molecule has 0 aliphatic carbocycles. The van der Waals surface area contributed by atoms with E-state index in [0.29, 0.717) is 6.54 Å². The molecule has 0 amide bonds. The highest BCUT2D eigenvalue weighted by molar-refractivity contribution is 4.89. The number of aliphatic hydroxyl groups is 1. The first-order valence-electron chi connectivity index (χ1n) is 5.91. The predicted molar refractivity (Wildman–Crippen MR) is 61.9 cm³/mol. The molecular formula is C12H25NO2. The number of hydrogen-bond donors (Lipinski definition) is 2. The maximum atomic E-state index is 10.1. The van der Waals surface area contributed by atoms with Gasteiger partial charge in [0.05, 0.1) is 12.2 Å². The molecule has 0 saturated carbocycles. The number of nitrogens with one attached hydrogen (secondary N) is 1. The zero-order chi connectivity index (χ0) is 11.5. The van der Waals surface area contributed by atoms with Crippen LogP contribution in [-0.2, 0) is 4.74 Å². The standard InChI is InChI=1S/C12H25NO2/c1-10(2)12(4,14)8-13-11(3)6-5-7-15-9-11/h10,13-14H,5-9H2,1-4H3. The van der Waals surface area contributed by atoms with E-state index in [-0.39, 0.29) is 11.5 Å². The highest BCUT2D eigenvalue weighted by Crippen LogP contribution is 2.21. The van der Waals surface area contributed by atoms with Crippen molar-refractivity contribution in [3.63, 3.8) is 0 Å². The number of hydrogen-bond acceptors (Lipinski definition) is 3. The van der Waals surface area contributed by atoms with Crippen LogP contribution in [0.2, 0.25) is 0 Å². The van der Waals surface area contributed by atoms with Crippen LogP contribution in [0.3, 0.4) is 0 Å². The van der Waals surface area contributed by atoms with E-state index in [9.17, 15) is 5.11 Å². The van der Waals surface area contributed by atoms with Crippen LogP contribution in [0, 0.1) is 5.92 Å². The molecule has 0 radical (unpaired) electrons. The summed E-state index contributed by atoms with van der Waals surface area (Å²) < 4.78 is 5.47. The lowest BCUT2D eigenvalue weighted by Gasteiger charge is -2.38. The quantitative estimate of drug-likeness (QED) is 0.747. The molecule has 1 aliphatic rings. The Hall–Kier alpha value is -0.120. The second-order valence-electron chi connectivity index (χ2n) is 5.58. The summed E-state index contributed by atoms with van der Waals surface area (Å²) in [6.07, 6.45) is 2.23. The van der Waals surface area contributed by atoms with E-state index in [1.54, 1.807) is 0 Å². The van der Waals surface area contributed by atoms with Gasteiger partial charge in [-0.1, -0.05) is 13.8 Å². The molecule has 15 heavy (non-hydrogen) atoms. The zero-order valence-electron chi connectivity index (χ0n) is 10.5. The minimum absolute atomic E-state index is 0.0388. The molecule has 3 nitrogen and oxygen atoms in total. The molecule has 1 rings (SSSR count). The molecule has 1 heterocycles. The lowest BCUT2D eigenvalue weighted by atomic mass is 9.89. The van der Waals surface area contributed by atoms with Gasteiger partial charge in [-0.05, 0) is 32.6 Å². The molecular weight excluding hydrogens is 190 g/mol. The van der Waals surface area contributed by atoms with Crippen molar-refractivity contribution in [3.05, 3.63) is 0 Å². The van der Waals surface area contributed by atoms with Gasteiger partial charge >= 0.3 is 0 Å². The van der Waals surface area contributed by atoms with Gasteiger partial charge in [0.1, 0.15) is 0 Å². The summed E-state index contributed by atoms with van der Waals surface area (Å²) in [5, 5.41) is 13.6. The third-order valence-corrected chi connectivity index (χ3v) is 3.55. The third kappa shape index (κ3) is 3.74. The lowest BCUT2D eigenvalue weighted by molar-refractivity contribution is -0.0153. The average molecular weight is 215 g/mol. The number of ether oxygens (including phenoxy) is 1. The molecule has 1 fully saturated rings. The van der Waals surface area contributed by atoms with Crippen molar-refractivity contribution in [2.75, 3.05) is 19.8 Å². The van der Waals surface area contributed by atoms with Crippen LogP contribution in [0.1, 0.15) is 40.5 Å². The van der Waals surface area contributed by atoms with Crippen molar-refractivity contribution in [2.24, 2.45) is 5.92 Å². The maximum Gasteiger partial charge on any atom is 0.0766 e. The summed E-state index contributed by atoms with van der Waals surface area (Å²) >= 11 is 0. The van der Waals surface area contributed by atoms with Crippen molar-refractivity contribution in [2.45, 2.75) is 51.7 Å². The van der Waals surface area contributed by atoms with Gasteiger partial charge in [0, 0.05) is 18.7 Å². The molecule has 1 aliphatic heterocycles. The normalized spacial score (nSPS) is 31.6. The van der Waals surface area contributed by atoms with E-state index in [1.807, 2.05) is 20.8 Å². The van der Waals surface area contributed by atoms with Gasteiger partial charge < -0.3 is 15.2 Å². The smallest absolute Gasteiger partial charge is 0.0766 e. The number of rotatable bonds is 4. The molecule has 2 atom stereocenters. The van der Waals surface area contributed by atoms with Gasteiger partial charge in [0.2, 0.25) is 0 Å². The van der Waals surface area contributed by atoms with Crippen molar-refractivity contribution < 1.29 is 9.84 Å². The second-order valence-corrected chi connectivity index (χ2v) is 5.58. The van der Waals surface area contributed by atoms with E-state index in [1.165, 1.54) is 0 Å². The second kappa shape index (κ2) is 4.81. The van der Waals surface area contributed by atoms with Crippen molar-refractivity contribution in [1.29, 1.82) is 0 Å². The Morgan fingerprint density at radius 3 is 2.67 bits per heavy atom. The van der Waals surface area contributed by atoms with Crippen LogP contribution >= 0.6 is 0 Å². The predicted octanol–water partition coefficient (Wildman–Crippen LogP) is 1.55. The van der Waals surface area contributed by atoms with E-state index < -0.39 is 5.60 Å². The Kier molecular flexibility index (Phi) is 4.15.